The van der Waals surface area contributed by atoms with E-state index in [1.807, 2.05) is 6.08 Å². The van der Waals surface area contributed by atoms with Gasteiger partial charge in [0.25, 0.3) is 0 Å². The maximum Gasteiger partial charge on any atom is 0.0234 e. The number of hydrogen-bond acceptors (Lipinski definition) is 1. The van der Waals surface area contributed by atoms with E-state index in [0.29, 0.717) is 0 Å². The van der Waals surface area contributed by atoms with Crippen LogP contribution in [0, 0.1) is 5.41 Å². The van der Waals surface area contributed by atoms with E-state index in [2.05, 4.69) is 73.9 Å². The average Bonchev–Trinajstić information content (AvgIpc) is 2.83. The third-order valence-electron chi connectivity index (χ3n) is 4.19. The van der Waals surface area contributed by atoms with Gasteiger partial charge in [0.15, 0.2) is 0 Å². The van der Waals surface area contributed by atoms with Crippen LogP contribution in [0.2, 0.25) is 0 Å². The highest BCUT2D eigenvalue weighted by molar-refractivity contribution is 5.30. The van der Waals surface area contributed by atoms with Crippen LogP contribution in [0.1, 0.15) is 25.8 Å². The SMILES string of the molecule is C=C/C(=C\C=C/C)C1(C)CCN(Cc2ccccc2)C1. The summed E-state index contributed by atoms with van der Waals surface area (Å²) < 4.78 is 0. The Morgan fingerprint density at radius 3 is 2.75 bits per heavy atom. The highest BCUT2D eigenvalue weighted by atomic mass is 15.2. The molecular formula is C19H25N. The van der Waals surface area contributed by atoms with Crippen LogP contribution >= 0.6 is 0 Å². The third kappa shape index (κ3) is 3.49. The zero-order valence-corrected chi connectivity index (χ0v) is 12.7. The molecule has 106 valence electrons. The number of nitrogens with zero attached hydrogens (tertiary/aromatic N) is 1. The number of benzene rings is 1. The van der Waals surface area contributed by atoms with Crippen LogP contribution in [-0.2, 0) is 6.54 Å². The Bertz CT molecular complexity index is 498. The summed E-state index contributed by atoms with van der Waals surface area (Å²) in [5.74, 6) is 0. The Morgan fingerprint density at radius 1 is 1.35 bits per heavy atom. The molecule has 1 atom stereocenters. The van der Waals surface area contributed by atoms with Gasteiger partial charge in [0.2, 0.25) is 0 Å². The van der Waals surface area contributed by atoms with Gasteiger partial charge < -0.3 is 0 Å². The molecule has 1 aliphatic heterocycles. The second-order valence-electron chi connectivity index (χ2n) is 5.86. The van der Waals surface area contributed by atoms with Crippen LogP contribution in [0.5, 0.6) is 0 Å². The first-order valence-electron chi connectivity index (χ1n) is 7.40. The first kappa shape index (κ1) is 14.8. The maximum absolute atomic E-state index is 3.99. The van der Waals surface area contributed by atoms with E-state index in [9.17, 15) is 0 Å². The molecule has 0 aromatic heterocycles. The molecule has 0 aliphatic carbocycles. The van der Waals surface area contributed by atoms with E-state index in [1.54, 1.807) is 0 Å². The van der Waals surface area contributed by atoms with Gasteiger partial charge in [-0.25, -0.2) is 0 Å². The fraction of sp³-hybridized carbons (Fsp3) is 0.368. The summed E-state index contributed by atoms with van der Waals surface area (Å²) >= 11 is 0. The predicted octanol–water partition coefficient (Wildman–Crippen LogP) is 4.59. The molecule has 0 N–H and O–H groups in total. The van der Waals surface area contributed by atoms with E-state index in [0.717, 1.165) is 19.6 Å². The van der Waals surface area contributed by atoms with Crippen molar-refractivity contribution in [2.45, 2.75) is 26.8 Å². The molecule has 0 spiro atoms. The second kappa shape index (κ2) is 6.71. The van der Waals surface area contributed by atoms with Gasteiger partial charge in [0.1, 0.15) is 0 Å². The van der Waals surface area contributed by atoms with Gasteiger partial charge in [-0.1, -0.05) is 68.1 Å². The molecule has 0 amide bonds. The van der Waals surface area contributed by atoms with Crippen molar-refractivity contribution in [3.63, 3.8) is 0 Å². The molecular weight excluding hydrogens is 242 g/mol. The lowest BCUT2D eigenvalue weighted by atomic mass is 9.81. The molecule has 0 saturated carbocycles. The summed E-state index contributed by atoms with van der Waals surface area (Å²) in [5, 5.41) is 0. The van der Waals surface area contributed by atoms with E-state index in [1.165, 1.54) is 17.6 Å². The van der Waals surface area contributed by atoms with Crippen LogP contribution < -0.4 is 0 Å². The molecule has 2 rings (SSSR count). The molecule has 0 bridgehead atoms. The monoisotopic (exact) mass is 267 g/mol. The van der Waals surface area contributed by atoms with Crippen molar-refractivity contribution in [2.75, 3.05) is 13.1 Å². The standard InChI is InChI=1S/C19H25N/c1-4-6-12-18(5-2)19(3)13-14-20(16-19)15-17-10-8-7-9-11-17/h4-12H,2,13-16H2,1,3H3/b6-4-,18-12+. The van der Waals surface area contributed by atoms with Gasteiger partial charge in [-0.15, -0.1) is 0 Å². The minimum atomic E-state index is 0.232. The van der Waals surface area contributed by atoms with Crippen molar-refractivity contribution in [3.8, 4) is 0 Å². The maximum atomic E-state index is 3.99. The van der Waals surface area contributed by atoms with E-state index >= 15 is 0 Å². The molecule has 1 nitrogen and oxygen atoms in total. The van der Waals surface area contributed by atoms with Gasteiger partial charge >= 0.3 is 0 Å². The Kier molecular flexibility index (Phi) is 4.97. The Labute approximate surface area is 123 Å². The summed E-state index contributed by atoms with van der Waals surface area (Å²) in [5.41, 5.74) is 2.98. The molecule has 1 fully saturated rings. The molecule has 1 unspecified atom stereocenters. The zero-order valence-electron chi connectivity index (χ0n) is 12.7. The van der Waals surface area contributed by atoms with Gasteiger partial charge in [-0.3, -0.25) is 4.90 Å². The lowest BCUT2D eigenvalue weighted by molar-refractivity contribution is 0.296. The molecule has 1 saturated heterocycles. The van der Waals surface area contributed by atoms with Crippen molar-refractivity contribution in [2.24, 2.45) is 5.41 Å². The minimum Gasteiger partial charge on any atom is -0.298 e. The highest BCUT2D eigenvalue weighted by Crippen LogP contribution is 2.38. The fourth-order valence-electron chi connectivity index (χ4n) is 2.98. The van der Waals surface area contributed by atoms with E-state index in [4.69, 9.17) is 0 Å². The number of rotatable bonds is 5. The Balaban J connectivity index is 2.05. The fourth-order valence-corrected chi connectivity index (χ4v) is 2.98. The molecule has 1 aromatic carbocycles. The lowest BCUT2D eigenvalue weighted by Gasteiger charge is -2.26. The normalized spacial score (nSPS) is 24.4. The minimum absolute atomic E-state index is 0.232. The Morgan fingerprint density at radius 2 is 2.10 bits per heavy atom. The van der Waals surface area contributed by atoms with Crippen molar-refractivity contribution in [1.82, 2.24) is 4.90 Å². The van der Waals surface area contributed by atoms with Crippen molar-refractivity contribution in [1.29, 1.82) is 0 Å². The topological polar surface area (TPSA) is 3.24 Å². The van der Waals surface area contributed by atoms with Crippen LogP contribution in [0.25, 0.3) is 0 Å². The largest absolute Gasteiger partial charge is 0.298 e. The molecule has 1 aromatic rings. The summed E-state index contributed by atoms with van der Waals surface area (Å²) in [6.45, 7) is 11.7. The smallest absolute Gasteiger partial charge is 0.0234 e. The summed E-state index contributed by atoms with van der Waals surface area (Å²) in [7, 11) is 0. The highest BCUT2D eigenvalue weighted by Gasteiger charge is 2.35. The summed E-state index contributed by atoms with van der Waals surface area (Å²) in [6.07, 6.45) is 9.62. The number of likely N-dealkylation sites (tertiary alicyclic amines) is 1. The van der Waals surface area contributed by atoms with Crippen LogP contribution in [0.4, 0.5) is 0 Å². The van der Waals surface area contributed by atoms with Gasteiger partial charge in [-0.05, 0) is 31.0 Å². The predicted molar refractivity (Wildman–Crippen MR) is 87.5 cm³/mol. The average molecular weight is 267 g/mol. The number of hydrogen-bond donors (Lipinski definition) is 0. The van der Waals surface area contributed by atoms with Crippen molar-refractivity contribution >= 4 is 0 Å². The second-order valence-corrected chi connectivity index (χ2v) is 5.86. The van der Waals surface area contributed by atoms with E-state index in [-0.39, 0.29) is 5.41 Å². The summed E-state index contributed by atoms with van der Waals surface area (Å²) in [6, 6.07) is 10.7. The molecule has 1 heteroatoms. The van der Waals surface area contributed by atoms with E-state index < -0.39 is 0 Å². The Hall–Kier alpha value is -1.60. The van der Waals surface area contributed by atoms with Gasteiger partial charge in [-0.2, -0.15) is 0 Å². The molecule has 1 heterocycles. The third-order valence-corrected chi connectivity index (χ3v) is 4.19. The van der Waals surface area contributed by atoms with Gasteiger partial charge in [0.05, 0.1) is 0 Å². The summed E-state index contributed by atoms with van der Waals surface area (Å²) in [4.78, 5) is 2.54. The zero-order chi connectivity index (χ0) is 14.4. The van der Waals surface area contributed by atoms with Crippen LogP contribution in [0.3, 0.4) is 0 Å². The van der Waals surface area contributed by atoms with Crippen molar-refractivity contribution < 1.29 is 0 Å². The first-order chi connectivity index (χ1) is 9.68. The van der Waals surface area contributed by atoms with Crippen molar-refractivity contribution in [3.05, 3.63) is 72.4 Å². The molecule has 0 radical (unpaired) electrons. The van der Waals surface area contributed by atoms with Crippen LogP contribution in [0.15, 0.2) is 66.8 Å². The quantitative estimate of drug-likeness (QED) is 0.705. The van der Waals surface area contributed by atoms with Gasteiger partial charge in [0, 0.05) is 18.5 Å². The lowest BCUT2D eigenvalue weighted by Crippen LogP contribution is -2.25. The molecule has 20 heavy (non-hydrogen) atoms. The number of allylic oxidation sites excluding steroid dienone is 4. The first-order valence-corrected chi connectivity index (χ1v) is 7.40. The molecule has 1 aliphatic rings. The van der Waals surface area contributed by atoms with Crippen LogP contribution in [-0.4, -0.2) is 18.0 Å².